The third kappa shape index (κ3) is 2.51. The monoisotopic (exact) mass is 216 g/mol. The van der Waals surface area contributed by atoms with Gasteiger partial charge in [0.15, 0.2) is 5.78 Å². The zero-order valence-corrected chi connectivity index (χ0v) is 9.48. The molecule has 0 spiro atoms. The predicted octanol–water partition coefficient (Wildman–Crippen LogP) is 3.19. The number of hydrogen-bond acceptors (Lipinski definition) is 2. The number of carbonyl (C=O) groups excluding carboxylic acids is 1. The van der Waals surface area contributed by atoms with E-state index in [-0.39, 0.29) is 11.9 Å². The van der Waals surface area contributed by atoms with Gasteiger partial charge in [0.2, 0.25) is 0 Å². The highest BCUT2D eigenvalue weighted by Crippen LogP contribution is 2.25. The van der Waals surface area contributed by atoms with E-state index in [1.165, 1.54) is 0 Å². The average molecular weight is 216 g/mol. The Morgan fingerprint density at radius 2 is 2.06 bits per heavy atom. The zero-order chi connectivity index (χ0) is 11.4. The van der Waals surface area contributed by atoms with E-state index in [0.717, 1.165) is 24.2 Å². The highest BCUT2D eigenvalue weighted by Gasteiger charge is 2.21. The quantitative estimate of drug-likeness (QED) is 0.775. The standard InChI is InChI=1S/C14H16O2/c1-2-6-13-9-12(15)10-14(16-13)11-7-4-3-5-8-11/h3-5,7-8,10,13H,2,6,9H2,1H3. The van der Waals surface area contributed by atoms with E-state index in [4.69, 9.17) is 4.74 Å². The lowest BCUT2D eigenvalue weighted by Crippen LogP contribution is -2.21. The highest BCUT2D eigenvalue weighted by atomic mass is 16.5. The average Bonchev–Trinajstić information content (AvgIpc) is 2.30. The fourth-order valence-corrected chi connectivity index (χ4v) is 1.92. The molecule has 0 bridgehead atoms. The van der Waals surface area contributed by atoms with Gasteiger partial charge in [-0.25, -0.2) is 0 Å². The van der Waals surface area contributed by atoms with Crippen LogP contribution < -0.4 is 0 Å². The van der Waals surface area contributed by atoms with Crippen LogP contribution in [0.25, 0.3) is 5.76 Å². The van der Waals surface area contributed by atoms with E-state index in [0.29, 0.717) is 6.42 Å². The summed E-state index contributed by atoms with van der Waals surface area (Å²) in [6, 6.07) is 9.79. The molecule has 0 fully saturated rings. The summed E-state index contributed by atoms with van der Waals surface area (Å²) in [5.74, 6) is 0.888. The van der Waals surface area contributed by atoms with Crippen LogP contribution in [0.5, 0.6) is 0 Å². The van der Waals surface area contributed by atoms with Crippen LogP contribution in [-0.2, 0) is 9.53 Å². The molecule has 0 N–H and O–H groups in total. The number of hydrogen-bond donors (Lipinski definition) is 0. The van der Waals surface area contributed by atoms with Crippen molar-refractivity contribution in [3.05, 3.63) is 42.0 Å². The molecule has 1 aromatic carbocycles. The van der Waals surface area contributed by atoms with Gasteiger partial charge in [-0.1, -0.05) is 43.7 Å². The number of ether oxygens (including phenoxy) is 1. The maximum absolute atomic E-state index is 11.6. The molecular weight excluding hydrogens is 200 g/mol. The summed E-state index contributed by atoms with van der Waals surface area (Å²) < 4.78 is 5.82. The molecule has 0 aliphatic carbocycles. The normalized spacial score (nSPS) is 20.2. The van der Waals surface area contributed by atoms with Crippen molar-refractivity contribution < 1.29 is 9.53 Å². The first-order chi connectivity index (χ1) is 7.79. The summed E-state index contributed by atoms with van der Waals surface area (Å²) in [6.07, 6.45) is 4.17. The number of benzene rings is 1. The van der Waals surface area contributed by atoms with Crippen molar-refractivity contribution in [3.63, 3.8) is 0 Å². The van der Waals surface area contributed by atoms with E-state index >= 15 is 0 Å². The Morgan fingerprint density at radius 3 is 2.75 bits per heavy atom. The molecule has 84 valence electrons. The lowest BCUT2D eigenvalue weighted by Gasteiger charge is -2.23. The van der Waals surface area contributed by atoms with Crippen molar-refractivity contribution >= 4 is 11.5 Å². The van der Waals surface area contributed by atoms with Crippen molar-refractivity contribution in [3.8, 4) is 0 Å². The van der Waals surface area contributed by atoms with Crippen LogP contribution in [0.15, 0.2) is 36.4 Å². The number of allylic oxidation sites excluding steroid dienone is 1. The molecule has 0 aromatic heterocycles. The molecule has 0 amide bonds. The van der Waals surface area contributed by atoms with E-state index in [9.17, 15) is 4.79 Å². The van der Waals surface area contributed by atoms with Gasteiger partial charge in [-0.2, -0.15) is 0 Å². The van der Waals surface area contributed by atoms with Crippen molar-refractivity contribution in [2.75, 3.05) is 0 Å². The summed E-state index contributed by atoms with van der Waals surface area (Å²) in [4.78, 5) is 11.6. The molecule has 0 radical (unpaired) electrons. The van der Waals surface area contributed by atoms with Crippen molar-refractivity contribution in [1.29, 1.82) is 0 Å². The molecule has 1 atom stereocenters. The van der Waals surface area contributed by atoms with Crippen molar-refractivity contribution in [2.45, 2.75) is 32.3 Å². The summed E-state index contributed by atoms with van der Waals surface area (Å²) in [7, 11) is 0. The van der Waals surface area contributed by atoms with Crippen LogP contribution >= 0.6 is 0 Å². The molecule has 2 rings (SSSR count). The van der Waals surface area contributed by atoms with Crippen LogP contribution in [0.1, 0.15) is 31.7 Å². The van der Waals surface area contributed by atoms with Gasteiger partial charge in [0.05, 0.1) is 0 Å². The Morgan fingerprint density at radius 1 is 1.31 bits per heavy atom. The lowest BCUT2D eigenvalue weighted by molar-refractivity contribution is -0.117. The van der Waals surface area contributed by atoms with Gasteiger partial charge >= 0.3 is 0 Å². The van der Waals surface area contributed by atoms with E-state index < -0.39 is 0 Å². The van der Waals surface area contributed by atoms with Gasteiger partial charge in [-0.15, -0.1) is 0 Å². The van der Waals surface area contributed by atoms with E-state index in [1.807, 2.05) is 30.3 Å². The minimum atomic E-state index is 0.0534. The highest BCUT2D eigenvalue weighted by molar-refractivity contribution is 5.97. The van der Waals surface area contributed by atoms with Crippen LogP contribution in [0.2, 0.25) is 0 Å². The van der Waals surface area contributed by atoms with Crippen LogP contribution in [0, 0.1) is 0 Å². The molecule has 1 aliphatic heterocycles. The van der Waals surface area contributed by atoms with E-state index in [2.05, 4.69) is 6.92 Å². The largest absolute Gasteiger partial charge is 0.489 e. The van der Waals surface area contributed by atoms with Gasteiger partial charge < -0.3 is 4.74 Å². The van der Waals surface area contributed by atoms with Crippen LogP contribution in [-0.4, -0.2) is 11.9 Å². The van der Waals surface area contributed by atoms with Gasteiger partial charge in [0.25, 0.3) is 0 Å². The Hall–Kier alpha value is -1.57. The number of rotatable bonds is 3. The summed E-state index contributed by atoms with van der Waals surface area (Å²) in [5.41, 5.74) is 0.983. The Labute approximate surface area is 95.9 Å². The third-order valence-electron chi connectivity index (χ3n) is 2.68. The Balaban J connectivity index is 2.18. The maximum Gasteiger partial charge on any atom is 0.163 e. The molecule has 1 unspecified atom stereocenters. The first-order valence-corrected chi connectivity index (χ1v) is 5.76. The topological polar surface area (TPSA) is 26.3 Å². The SMILES string of the molecule is CCCC1CC(=O)C=C(c2ccccc2)O1. The molecule has 1 heterocycles. The second-order valence-corrected chi connectivity index (χ2v) is 4.07. The fourth-order valence-electron chi connectivity index (χ4n) is 1.92. The second kappa shape index (κ2) is 4.97. The molecule has 0 saturated carbocycles. The molecule has 1 aliphatic rings. The Bertz CT molecular complexity index is 392. The smallest absolute Gasteiger partial charge is 0.163 e. The molecule has 0 saturated heterocycles. The van der Waals surface area contributed by atoms with Gasteiger partial charge in [-0.3, -0.25) is 4.79 Å². The lowest BCUT2D eigenvalue weighted by atomic mass is 10.0. The number of carbonyl (C=O) groups is 1. The van der Waals surface area contributed by atoms with Crippen LogP contribution in [0.3, 0.4) is 0 Å². The van der Waals surface area contributed by atoms with E-state index in [1.54, 1.807) is 6.08 Å². The Kier molecular flexibility index (Phi) is 3.40. The van der Waals surface area contributed by atoms with Crippen molar-refractivity contribution in [1.82, 2.24) is 0 Å². The summed E-state index contributed by atoms with van der Waals surface area (Å²) >= 11 is 0. The first-order valence-electron chi connectivity index (χ1n) is 5.76. The molecule has 2 heteroatoms. The van der Waals surface area contributed by atoms with Crippen molar-refractivity contribution in [2.24, 2.45) is 0 Å². The summed E-state index contributed by atoms with van der Waals surface area (Å²) in [6.45, 7) is 2.11. The van der Waals surface area contributed by atoms with Gasteiger partial charge in [0.1, 0.15) is 11.9 Å². The van der Waals surface area contributed by atoms with Gasteiger partial charge in [-0.05, 0) is 6.42 Å². The fraction of sp³-hybridized carbons (Fsp3) is 0.357. The zero-order valence-electron chi connectivity index (χ0n) is 9.48. The third-order valence-corrected chi connectivity index (χ3v) is 2.68. The summed E-state index contributed by atoms with van der Waals surface area (Å²) in [5, 5.41) is 0. The maximum atomic E-state index is 11.6. The second-order valence-electron chi connectivity index (χ2n) is 4.07. The number of ketones is 1. The van der Waals surface area contributed by atoms with Gasteiger partial charge in [0, 0.05) is 18.1 Å². The molecular formula is C14H16O2. The molecule has 1 aromatic rings. The predicted molar refractivity (Wildman–Crippen MR) is 63.8 cm³/mol. The molecule has 2 nitrogen and oxygen atoms in total. The molecule has 16 heavy (non-hydrogen) atoms. The van der Waals surface area contributed by atoms with Crippen LogP contribution in [0.4, 0.5) is 0 Å². The minimum absolute atomic E-state index is 0.0534. The minimum Gasteiger partial charge on any atom is -0.489 e. The first kappa shape index (κ1) is 10.9.